The molecule has 3 rings (SSSR count). The summed E-state index contributed by atoms with van der Waals surface area (Å²) in [5, 5.41) is 9.66. The van der Waals surface area contributed by atoms with Crippen LogP contribution in [0.4, 0.5) is 0 Å². The zero-order valence-corrected chi connectivity index (χ0v) is 18.1. The smallest absolute Gasteiger partial charge is 0.209 e. The Hall–Kier alpha value is -0.820. The van der Waals surface area contributed by atoms with Crippen LogP contribution in [0.15, 0.2) is 36.4 Å². The van der Waals surface area contributed by atoms with Crippen LogP contribution in [0, 0.1) is 0 Å². The van der Waals surface area contributed by atoms with Gasteiger partial charge in [0.25, 0.3) is 0 Å². The summed E-state index contributed by atoms with van der Waals surface area (Å²) in [5.41, 5.74) is 4.54. The fourth-order valence-electron chi connectivity index (χ4n) is 3.83. The van der Waals surface area contributed by atoms with Gasteiger partial charge in [0.1, 0.15) is 0 Å². The number of benzene rings is 2. The van der Waals surface area contributed by atoms with Crippen LogP contribution in [0.3, 0.4) is 0 Å². The zero-order chi connectivity index (χ0) is 18.9. The van der Waals surface area contributed by atoms with E-state index >= 15 is 0 Å². The van der Waals surface area contributed by atoms with Crippen molar-refractivity contribution in [3.63, 3.8) is 0 Å². The van der Waals surface area contributed by atoms with Crippen LogP contribution in [0.25, 0.3) is 0 Å². The lowest BCUT2D eigenvalue weighted by molar-refractivity contribution is 0.467. The monoisotopic (exact) mass is 448 g/mol. The Morgan fingerprint density at radius 1 is 1.15 bits per heavy atom. The minimum Gasteiger partial charge on any atom is -0.313 e. The van der Waals surface area contributed by atoms with Crippen molar-refractivity contribution in [1.82, 2.24) is 5.32 Å². The Bertz CT molecular complexity index is 919. The quantitative estimate of drug-likeness (QED) is 0.709. The Labute approximate surface area is 176 Å². The minimum absolute atomic E-state index is 0. The van der Waals surface area contributed by atoms with Crippen LogP contribution in [0.5, 0.6) is 0 Å². The Morgan fingerprint density at radius 2 is 1.89 bits per heavy atom. The Balaban J connectivity index is 0.00000261. The van der Waals surface area contributed by atoms with E-state index in [1.54, 1.807) is 0 Å². The summed E-state index contributed by atoms with van der Waals surface area (Å²) in [4.78, 5) is 0. The van der Waals surface area contributed by atoms with Crippen molar-refractivity contribution in [3.05, 3.63) is 68.7 Å². The van der Waals surface area contributed by atoms with Gasteiger partial charge in [-0.25, -0.2) is 13.6 Å². The third-order valence-corrected chi connectivity index (χ3v) is 6.56. The highest BCUT2D eigenvalue weighted by atomic mass is 35.5. The largest absolute Gasteiger partial charge is 0.313 e. The standard InChI is InChI=1S/C19H22Cl2N2O2S.ClH/c1-23-18-8-6-14(13-5-7-16(20)17(21)11-13)15-4-2-3-12(19(15)18)9-10-26(22,24)25;/h2-5,7,11,14,18,23H,6,8-10H2,1H3,(H2,22,24,25);1H/t14-,18-;/m0./s1. The summed E-state index contributed by atoms with van der Waals surface area (Å²) in [6, 6.07) is 12.1. The summed E-state index contributed by atoms with van der Waals surface area (Å²) >= 11 is 12.3. The number of fused-ring (bicyclic) bond motifs is 1. The first-order valence-corrected chi connectivity index (χ1v) is 11.0. The topological polar surface area (TPSA) is 72.2 Å². The van der Waals surface area contributed by atoms with E-state index < -0.39 is 10.0 Å². The van der Waals surface area contributed by atoms with Gasteiger partial charge in [-0.15, -0.1) is 12.4 Å². The van der Waals surface area contributed by atoms with Gasteiger partial charge >= 0.3 is 0 Å². The van der Waals surface area contributed by atoms with E-state index in [2.05, 4.69) is 11.4 Å². The van der Waals surface area contributed by atoms with Gasteiger partial charge in [-0.2, -0.15) is 0 Å². The number of primary sulfonamides is 1. The SMILES string of the molecule is CN[C@H]1CC[C@@H](c2ccc(Cl)c(Cl)c2)c2cccc(CCS(N)(=O)=O)c21.Cl. The summed E-state index contributed by atoms with van der Waals surface area (Å²) in [5.74, 6) is 0.149. The number of nitrogens with two attached hydrogens (primary N) is 1. The summed E-state index contributed by atoms with van der Waals surface area (Å²) < 4.78 is 22.8. The predicted molar refractivity (Wildman–Crippen MR) is 115 cm³/mol. The number of aryl methyl sites for hydroxylation is 1. The van der Waals surface area contributed by atoms with E-state index in [9.17, 15) is 8.42 Å². The molecule has 2 aromatic rings. The lowest BCUT2D eigenvalue weighted by Gasteiger charge is -2.34. The number of hydrogen-bond donors (Lipinski definition) is 2. The molecule has 0 unspecified atom stereocenters. The van der Waals surface area contributed by atoms with Crippen molar-refractivity contribution < 1.29 is 8.42 Å². The van der Waals surface area contributed by atoms with Crippen molar-refractivity contribution in [2.24, 2.45) is 5.14 Å². The van der Waals surface area contributed by atoms with Crippen molar-refractivity contribution in [2.45, 2.75) is 31.2 Å². The fraction of sp³-hybridized carbons (Fsp3) is 0.368. The van der Waals surface area contributed by atoms with E-state index in [-0.39, 0.29) is 30.1 Å². The molecule has 3 N–H and O–H groups in total. The molecule has 0 saturated heterocycles. The molecule has 27 heavy (non-hydrogen) atoms. The normalized spacial score (nSPS) is 19.3. The molecule has 0 heterocycles. The van der Waals surface area contributed by atoms with Crippen LogP contribution in [0.1, 0.15) is 47.1 Å². The van der Waals surface area contributed by atoms with Gasteiger partial charge in [-0.3, -0.25) is 0 Å². The van der Waals surface area contributed by atoms with E-state index in [0.29, 0.717) is 16.5 Å². The molecule has 2 aromatic carbocycles. The number of halogens is 3. The maximum atomic E-state index is 11.4. The predicted octanol–water partition coefficient (Wildman–Crippen LogP) is 4.43. The first kappa shape index (κ1) is 22.5. The highest BCUT2D eigenvalue weighted by Crippen LogP contribution is 2.43. The van der Waals surface area contributed by atoms with Crippen molar-refractivity contribution in [1.29, 1.82) is 0 Å². The summed E-state index contributed by atoms with van der Waals surface area (Å²) in [6.07, 6.45) is 2.35. The molecule has 0 fully saturated rings. The molecule has 0 aromatic heterocycles. The van der Waals surface area contributed by atoms with Gasteiger partial charge < -0.3 is 5.32 Å². The molecule has 1 aliphatic rings. The Kier molecular flexibility index (Phi) is 7.59. The number of nitrogens with one attached hydrogen (secondary N) is 1. The average molecular weight is 450 g/mol. The van der Waals surface area contributed by atoms with Crippen LogP contribution in [0.2, 0.25) is 10.0 Å². The van der Waals surface area contributed by atoms with Gasteiger partial charge in [-0.05, 0) is 60.7 Å². The molecule has 4 nitrogen and oxygen atoms in total. The minimum atomic E-state index is -3.50. The molecule has 8 heteroatoms. The van der Waals surface area contributed by atoms with Gasteiger partial charge in [0.15, 0.2) is 0 Å². The molecule has 0 bridgehead atoms. The van der Waals surface area contributed by atoms with Crippen LogP contribution >= 0.6 is 35.6 Å². The first-order chi connectivity index (χ1) is 12.3. The van der Waals surface area contributed by atoms with Crippen molar-refractivity contribution in [2.75, 3.05) is 12.8 Å². The summed E-state index contributed by atoms with van der Waals surface area (Å²) in [7, 11) is -1.57. The maximum absolute atomic E-state index is 11.4. The van der Waals surface area contributed by atoms with E-state index in [4.69, 9.17) is 28.3 Å². The second-order valence-electron chi connectivity index (χ2n) is 6.68. The highest BCUT2D eigenvalue weighted by molar-refractivity contribution is 7.89. The molecule has 148 valence electrons. The number of sulfonamides is 1. The van der Waals surface area contributed by atoms with Crippen LogP contribution in [-0.2, 0) is 16.4 Å². The van der Waals surface area contributed by atoms with Gasteiger partial charge in [0, 0.05) is 12.0 Å². The fourth-order valence-corrected chi connectivity index (χ4v) is 4.64. The third kappa shape index (κ3) is 5.17. The zero-order valence-electron chi connectivity index (χ0n) is 14.9. The van der Waals surface area contributed by atoms with E-state index in [0.717, 1.165) is 24.0 Å². The van der Waals surface area contributed by atoms with E-state index in [1.807, 2.05) is 37.4 Å². The average Bonchev–Trinajstić information content (AvgIpc) is 2.60. The third-order valence-electron chi connectivity index (χ3n) is 5.05. The lowest BCUT2D eigenvalue weighted by Crippen LogP contribution is -2.27. The summed E-state index contributed by atoms with van der Waals surface area (Å²) in [6.45, 7) is 0. The molecule has 0 amide bonds. The first-order valence-electron chi connectivity index (χ1n) is 8.54. The molecule has 0 radical (unpaired) electrons. The number of rotatable bonds is 5. The van der Waals surface area contributed by atoms with Crippen LogP contribution < -0.4 is 10.5 Å². The lowest BCUT2D eigenvalue weighted by atomic mass is 9.75. The molecule has 2 atom stereocenters. The number of hydrogen-bond acceptors (Lipinski definition) is 3. The molecule has 1 aliphatic carbocycles. The Morgan fingerprint density at radius 3 is 2.52 bits per heavy atom. The molecule has 0 spiro atoms. The molecular formula is C19H23Cl3N2O2S. The highest BCUT2D eigenvalue weighted by Gasteiger charge is 2.29. The molecule has 0 saturated carbocycles. The van der Waals surface area contributed by atoms with Gasteiger partial charge in [-0.1, -0.05) is 47.5 Å². The molecular weight excluding hydrogens is 427 g/mol. The molecule has 0 aliphatic heterocycles. The van der Waals surface area contributed by atoms with Crippen molar-refractivity contribution in [3.8, 4) is 0 Å². The van der Waals surface area contributed by atoms with E-state index in [1.165, 1.54) is 11.1 Å². The van der Waals surface area contributed by atoms with Gasteiger partial charge in [0.05, 0.1) is 15.8 Å². The second-order valence-corrected chi connectivity index (χ2v) is 9.23. The van der Waals surface area contributed by atoms with Gasteiger partial charge in [0.2, 0.25) is 10.0 Å². The maximum Gasteiger partial charge on any atom is 0.209 e. The van der Waals surface area contributed by atoms with Crippen molar-refractivity contribution >= 4 is 45.6 Å². The van der Waals surface area contributed by atoms with Crippen LogP contribution in [-0.4, -0.2) is 21.2 Å². The second kappa shape index (κ2) is 9.12.